The van der Waals surface area contributed by atoms with Crippen LogP contribution in [0.2, 0.25) is 0 Å². The van der Waals surface area contributed by atoms with Crippen molar-refractivity contribution in [3.8, 4) is 5.75 Å². The molecule has 5 heteroatoms. The van der Waals surface area contributed by atoms with E-state index < -0.39 is 0 Å². The molecule has 2 aromatic carbocycles. The van der Waals surface area contributed by atoms with Crippen molar-refractivity contribution < 1.29 is 14.3 Å². The zero-order valence-electron chi connectivity index (χ0n) is 15.2. The standard InChI is InChI=1S/C20H24N2O3/c1-5-21(18-8-6-7-15(2)13-18)20(24)14-22(16(3)23)17-9-11-19(25-4)12-10-17/h6-13H,5,14H2,1-4H3. The van der Waals surface area contributed by atoms with Crippen LogP contribution in [0.4, 0.5) is 11.4 Å². The van der Waals surface area contributed by atoms with Crippen molar-refractivity contribution in [1.29, 1.82) is 0 Å². The number of aryl methyl sites for hydroxylation is 1. The van der Waals surface area contributed by atoms with E-state index in [4.69, 9.17) is 4.74 Å². The third kappa shape index (κ3) is 4.59. The van der Waals surface area contributed by atoms with Crippen LogP contribution in [0.15, 0.2) is 48.5 Å². The minimum absolute atomic E-state index is 0.0105. The highest BCUT2D eigenvalue weighted by molar-refractivity contribution is 6.03. The van der Waals surface area contributed by atoms with Crippen LogP contribution in [0.3, 0.4) is 0 Å². The van der Waals surface area contributed by atoms with Gasteiger partial charge in [-0.25, -0.2) is 0 Å². The number of carbonyl (C=O) groups is 2. The average molecular weight is 340 g/mol. The smallest absolute Gasteiger partial charge is 0.247 e. The molecular weight excluding hydrogens is 316 g/mol. The molecule has 0 radical (unpaired) electrons. The Hall–Kier alpha value is -2.82. The third-order valence-corrected chi connectivity index (χ3v) is 3.99. The summed E-state index contributed by atoms with van der Waals surface area (Å²) in [5.41, 5.74) is 2.59. The number of methoxy groups -OCH3 is 1. The number of benzene rings is 2. The summed E-state index contributed by atoms with van der Waals surface area (Å²) in [4.78, 5) is 28.0. The molecule has 0 aliphatic carbocycles. The largest absolute Gasteiger partial charge is 0.497 e. The van der Waals surface area contributed by atoms with Gasteiger partial charge in [0.15, 0.2) is 0 Å². The number of nitrogens with zero attached hydrogens (tertiary/aromatic N) is 2. The minimum Gasteiger partial charge on any atom is -0.497 e. The molecule has 0 fully saturated rings. The lowest BCUT2D eigenvalue weighted by Gasteiger charge is -2.26. The summed E-state index contributed by atoms with van der Waals surface area (Å²) in [7, 11) is 1.59. The molecule has 0 unspecified atom stereocenters. The van der Waals surface area contributed by atoms with Crippen LogP contribution in [0.5, 0.6) is 5.75 Å². The van der Waals surface area contributed by atoms with E-state index in [-0.39, 0.29) is 18.4 Å². The summed E-state index contributed by atoms with van der Waals surface area (Å²) in [5.74, 6) is 0.395. The van der Waals surface area contributed by atoms with E-state index in [1.54, 1.807) is 36.3 Å². The van der Waals surface area contributed by atoms with Gasteiger partial charge in [-0.1, -0.05) is 12.1 Å². The highest BCUT2D eigenvalue weighted by atomic mass is 16.5. The maximum absolute atomic E-state index is 12.8. The normalized spacial score (nSPS) is 10.2. The highest BCUT2D eigenvalue weighted by Crippen LogP contribution is 2.21. The van der Waals surface area contributed by atoms with Gasteiger partial charge in [-0.15, -0.1) is 0 Å². The van der Waals surface area contributed by atoms with Crippen molar-refractivity contribution in [2.24, 2.45) is 0 Å². The molecule has 5 nitrogen and oxygen atoms in total. The monoisotopic (exact) mass is 340 g/mol. The van der Waals surface area contributed by atoms with E-state index >= 15 is 0 Å². The summed E-state index contributed by atoms with van der Waals surface area (Å²) < 4.78 is 5.14. The van der Waals surface area contributed by atoms with Gasteiger partial charge >= 0.3 is 0 Å². The van der Waals surface area contributed by atoms with E-state index in [1.165, 1.54) is 11.8 Å². The first-order chi connectivity index (χ1) is 12.0. The molecule has 2 amide bonds. The van der Waals surface area contributed by atoms with Crippen LogP contribution in [0.25, 0.3) is 0 Å². The topological polar surface area (TPSA) is 49.9 Å². The van der Waals surface area contributed by atoms with E-state index in [0.717, 1.165) is 11.3 Å². The van der Waals surface area contributed by atoms with Gasteiger partial charge < -0.3 is 14.5 Å². The molecule has 132 valence electrons. The molecule has 0 aliphatic heterocycles. The maximum atomic E-state index is 12.8. The van der Waals surface area contributed by atoms with Gasteiger partial charge in [0.25, 0.3) is 0 Å². The van der Waals surface area contributed by atoms with Crippen LogP contribution in [-0.4, -0.2) is 32.0 Å². The molecule has 0 saturated heterocycles. The van der Waals surface area contributed by atoms with Gasteiger partial charge in [0, 0.05) is 24.8 Å². The Balaban J connectivity index is 2.22. The van der Waals surface area contributed by atoms with Crippen LogP contribution in [0, 0.1) is 6.92 Å². The Morgan fingerprint density at radius 2 is 1.68 bits per heavy atom. The molecule has 0 aliphatic rings. The molecule has 2 aromatic rings. The zero-order valence-corrected chi connectivity index (χ0v) is 15.2. The Bertz CT molecular complexity index is 741. The Kier molecular flexibility index (Phi) is 6.17. The number of carbonyl (C=O) groups excluding carboxylic acids is 2. The summed E-state index contributed by atoms with van der Waals surface area (Å²) in [6.07, 6.45) is 0. The van der Waals surface area contributed by atoms with Crippen LogP contribution >= 0.6 is 0 Å². The summed E-state index contributed by atoms with van der Waals surface area (Å²) in [6, 6.07) is 14.9. The van der Waals surface area contributed by atoms with Crippen LogP contribution in [-0.2, 0) is 9.59 Å². The van der Waals surface area contributed by atoms with Crippen molar-refractivity contribution in [1.82, 2.24) is 0 Å². The predicted octanol–water partition coefficient (Wildman–Crippen LogP) is 3.41. The molecule has 0 atom stereocenters. The van der Waals surface area contributed by atoms with Gasteiger partial charge in [-0.3, -0.25) is 9.59 Å². The van der Waals surface area contributed by atoms with Crippen molar-refractivity contribution in [2.75, 3.05) is 30.0 Å². The molecule has 0 heterocycles. The van der Waals surface area contributed by atoms with E-state index in [9.17, 15) is 9.59 Å². The Labute approximate surface area is 148 Å². The average Bonchev–Trinajstić information content (AvgIpc) is 2.60. The number of amides is 2. The predicted molar refractivity (Wildman–Crippen MR) is 100 cm³/mol. The second-order valence-corrected chi connectivity index (χ2v) is 5.78. The van der Waals surface area contributed by atoms with Gasteiger partial charge in [0.05, 0.1) is 7.11 Å². The van der Waals surface area contributed by atoms with E-state index in [1.807, 2.05) is 38.1 Å². The number of ether oxygens (including phenoxy) is 1. The second-order valence-electron chi connectivity index (χ2n) is 5.78. The van der Waals surface area contributed by atoms with Gasteiger partial charge in [-0.05, 0) is 55.8 Å². The molecule has 0 spiro atoms. The lowest BCUT2D eigenvalue weighted by molar-refractivity contribution is -0.121. The first-order valence-corrected chi connectivity index (χ1v) is 8.25. The van der Waals surface area contributed by atoms with Crippen molar-refractivity contribution >= 4 is 23.2 Å². The fourth-order valence-corrected chi connectivity index (χ4v) is 2.67. The van der Waals surface area contributed by atoms with E-state index in [2.05, 4.69) is 0 Å². The quantitative estimate of drug-likeness (QED) is 0.810. The van der Waals surface area contributed by atoms with Gasteiger partial charge in [0.1, 0.15) is 12.3 Å². The first-order valence-electron chi connectivity index (χ1n) is 8.25. The fourth-order valence-electron chi connectivity index (χ4n) is 2.67. The molecule has 0 saturated carbocycles. The van der Waals surface area contributed by atoms with Crippen LogP contribution < -0.4 is 14.5 Å². The third-order valence-electron chi connectivity index (χ3n) is 3.99. The van der Waals surface area contributed by atoms with Gasteiger partial charge in [-0.2, -0.15) is 0 Å². The van der Waals surface area contributed by atoms with Crippen LogP contribution in [0.1, 0.15) is 19.4 Å². The fraction of sp³-hybridized carbons (Fsp3) is 0.300. The molecule has 25 heavy (non-hydrogen) atoms. The number of hydrogen-bond donors (Lipinski definition) is 0. The summed E-state index contributed by atoms with van der Waals surface area (Å²) >= 11 is 0. The summed E-state index contributed by atoms with van der Waals surface area (Å²) in [6.45, 7) is 5.90. The minimum atomic E-state index is -0.182. The molecule has 0 aromatic heterocycles. The highest BCUT2D eigenvalue weighted by Gasteiger charge is 2.21. The number of rotatable bonds is 6. The number of likely N-dealkylation sites (N-methyl/N-ethyl adjacent to an activating group) is 1. The number of anilines is 2. The summed E-state index contributed by atoms with van der Waals surface area (Å²) in [5, 5.41) is 0. The van der Waals surface area contributed by atoms with Gasteiger partial charge in [0.2, 0.25) is 11.8 Å². The Morgan fingerprint density at radius 3 is 2.20 bits per heavy atom. The van der Waals surface area contributed by atoms with Crippen molar-refractivity contribution in [3.63, 3.8) is 0 Å². The SMILES string of the molecule is CCN(C(=O)CN(C(C)=O)c1ccc(OC)cc1)c1cccc(C)c1. The van der Waals surface area contributed by atoms with E-state index in [0.29, 0.717) is 18.0 Å². The van der Waals surface area contributed by atoms with Crippen molar-refractivity contribution in [2.45, 2.75) is 20.8 Å². The molecule has 2 rings (SSSR count). The van der Waals surface area contributed by atoms with Crippen molar-refractivity contribution in [3.05, 3.63) is 54.1 Å². The lowest BCUT2D eigenvalue weighted by Crippen LogP contribution is -2.42. The first kappa shape index (κ1) is 18.5. The molecular formula is C20H24N2O3. The lowest BCUT2D eigenvalue weighted by atomic mass is 10.2. The maximum Gasteiger partial charge on any atom is 0.247 e. The zero-order chi connectivity index (χ0) is 18.4. The molecule has 0 bridgehead atoms. The second kappa shape index (κ2) is 8.33. The molecule has 0 N–H and O–H groups in total. The number of hydrogen-bond acceptors (Lipinski definition) is 3. The Morgan fingerprint density at radius 1 is 1.00 bits per heavy atom.